The van der Waals surface area contributed by atoms with Gasteiger partial charge in [-0.2, -0.15) is 0 Å². The Kier molecular flexibility index (Phi) is 3.51. The lowest BCUT2D eigenvalue weighted by Gasteiger charge is -2.40. The van der Waals surface area contributed by atoms with Gasteiger partial charge in [0.25, 0.3) is 0 Å². The Labute approximate surface area is 159 Å². The summed E-state index contributed by atoms with van der Waals surface area (Å²) in [4.78, 5) is 12.7. The molecule has 0 aromatic heterocycles. The molecule has 1 atom stereocenters. The zero-order valence-electron chi connectivity index (χ0n) is 15.5. The number of ether oxygens (including phenoxy) is 1. The minimum Gasteiger partial charge on any atom is -0.446 e. The van der Waals surface area contributed by atoms with Gasteiger partial charge in [-0.05, 0) is 41.2 Å². The van der Waals surface area contributed by atoms with Crippen LogP contribution >= 0.6 is 0 Å². The summed E-state index contributed by atoms with van der Waals surface area (Å²) >= 11 is 0. The highest BCUT2D eigenvalue weighted by molar-refractivity contribution is 6.03. The third-order valence-corrected chi connectivity index (χ3v) is 5.88. The summed E-state index contributed by atoms with van der Waals surface area (Å²) in [5.74, 6) is 0.276. The smallest absolute Gasteiger partial charge is 0.334 e. The molecule has 2 nitrogen and oxygen atoms in total. The maximum Gasteiger partial charge on any atom is 0.334 e. The first kappa shape index (κ1) is 16.3. The average Bonchev–Trinajstić information content (AvgIpc) is 3.49. The maximum absolute atomic E-state index is 12.7. The number of rotatable bonds is 4. The van der Waals surface area contributed by atoms with E-state index in [-0.39, 0.29) is 5.97 Å². The van der Waals surface area contributed by atoms with Gasteiger partial charge in [-0.1, -0.05) is 80.1 Å². The molecule has 0 N–H and O–H groups in total. The van der Waals surface area contributed by atoms with Crippen LogP contribution in [0.2, 0.25) is 0 Å². The van der Waals surface area contributed by atoms with Crippen molar-refractivity contribution < 1.29 is 9.53 Å². The topological polar surface area (TPSA) is 26.3 Å². The van der Waals surface area contributed by atoms with Gasteiger partial charge in [0, 0.05) is 16.7 Å². The van der Waals surface area contributed by atoms with Gasteiger partial charge in [0.1, 0.15) is 0 Å². The fraction of sp³-hybridized carbons (Fsp3) is 0.240. The van der Waals surface area contributed by atoms with Gasteiger partial charge < -0.3 is 4.74 Å². The first-order valence-corrected chi connectivity index (χ1v) is 9.61. The van der Waals surface area contributed by atoms with Crippen LogP contribution in [-0.2, 0) is 15.1 Å². The largest absolute Gasteiger partial charge is 0.446 e. The van der Waals surface area contributed by atoms with Crippen LogP contribution in [-0.4, -0.2) is 5.97 Å². The second-order valence-electron chi connectivity index (χ2n) is 7.90. The molecule has 3 aromatic carbocycles. The van der Waals surface area contributed by atoms with E-state index in [2.05, 4.69) is 61.2 Å². The van der Waals surface area contributed by atoms with Crippen LogP contribution in [0.4, 0.5) is 0 Å². The second-order valence-corrected chi connectivity index (χ2v) is 7.90. The molecule has 0 radical (unpaired) electrons. The predicted molar refractivity (Wildman–Crippen MR) is 108 cm³/mol. The highest BCUT2D eigenvalue weighted by Crippen LogP contribution is 2.54. The van der Waals surface area contributed by atoms with Crippen molar-refractivity contribution in [3.8, 4) is 11.1 Å². The number of benzene rings is 3. The number of carbonyl (C=O) groups excluding carboxylic acids is 1. The predicted octanol–water partition coefficient (Wildman–Crippen LogP) is 5.98. The van der Waals surface area contributed by atoms with Crippen molar-refractivity contribution in [3.05, 3.63) is 83.9 Å². The molecule has 134 valence electrons. The van der Waals surface area contributed by atoms with E-state index in [1.54, 1.807) is 6.92 Å². The fourth-order valence-electron chi connectivity index (χ4n) is 4.46. The third-order valence-electron chi connectivity index (χ3n) is 5.88. The van der Waals surface area contributed by atoms with Crippen molar-refractivity contribution >= 4 is 16.7 Å². The molecule has 2 heteroatoms. The van der Waals surface area contributed by atoms with Gasteiger partial charge in [-0.25, -0.2) is 4.79 Å². The standard InChI is InChI=1S/C25H22O2/c1-16(2)24(26)27-25(15-17-13-14-17)21-11-4-3-9-19(21)20-10-5-7-18-8-6-12-22(25)23(18)20/h3-12,17H,1,13-15H2,2H3. The van der Waals surface area contributed by atoms with E-state index < -0.39 is 5.60 Å². The Morgan fingerprint density at radius 3 is 2.41 bits per heavy atom. The zero-order valence-corrected chi connectivity index (χ0v) is 15.5. The van der Waals surface area contributed by atoms with Gasteiger partial charge in [0.05, 0.1) is 0 Å². The van der Waals surface area contributed by atoms with Gasteiger partial charge in [0.15, 0.2) is 5.60 Å². The summed E-state index contributed by atoms with van der Waals surface area (Å²) in [5, 5.41) is 2.39. The molecule has 1 saturated carbocycles. The Morgan fingerprint density at radius 2 is 1.67 bits per heavy atom. The SMILES string of the molecule is C=C(C)C(=O)OC1(CC2CC2)c2ccccc2-c2cccc3cccc1c23. The second kappa shape index (κ2) is 5.82. The van der Waals surface area contributed by atoms with E-state index in [1.165, 1.54) is 29.2 Å². The van der Waals surface area contributed by atoms with Crippen LogP contribution in [0.5, 0.6) is 0 Å². The molecular weight excluding hydrogens is 332 g/mol. The first-order chi connectivity index (χ1) is 13.1. The van der Waals surface area contributed by atoms with Crippen LogP contribution in [0.15, 0.2) is 72.8 Å². The molecule has 5 rings (SSSR count). The molecule has 1 fully saturated rings. The van der Waals surface area contributed by atoms with Crippen molar-refractivity contribution in [1.82, 2.24) is 0 Å². The van der Waals surface area contributed by atoms with Gasteiger partial charge >= 0.3 is 5.97 Å². The Balaban J connectivity index is 1.87. The van der Waals surface area contributed by atoms with Gasteiger partial charge in [-0.3, -0.25) is 0 Å². The molecule has 2 aliphatic carbocycles. The highest BCUT2D eigenvalue weighted by atomic mass is 16.6. The molecule has 27 heavy (non-hydrogen) atoms. The summed E-state index contributed by atoms with van der Waals surface area (Å²) < 4.78 is 6.33. The van der Waals surface area contributed by atoms with Crippen molar-refractivity contribution in [1.29, 1.82) is 0 Å². The van der Waals surface area contributed by atoms with E-state index in [0.29, 0.717) is 11.5 Å². The monoisotopic (exact) mass is 354 g/mol. The van der Waals surface area contributed by atoms with E-state index >= 15 is 0 Å². The highest BCUT2D eigenvalue weighted by Gasteiger charge is 2.47. The first-order valence-electron chi connectivity index (χ1n) is 9.61. The van der Waals surface area contributed by atoms with E-state index in [9.17, 15) is 4.79 Å². The summed E-state index contributed by atoms with van der Waals surface area (Å²) in [6, 6.07) is 21.1. The molecular formula is C25H22O2. The molecule has 0 spiro atoms. The summed E-state index contributed by atoms with van der Waals surface area (Å²) in [6.07, 6.45) is 3.23. The molecule has 0 heterocycles. The lowest BCUT2D eigenvalue weighted by Crippen LogP contribution is -2.37. The molecule has 1 unspecified atom stereocenters. The van der Waals surface area contributed by atoms with E-state index in [1.807, 2.05) is 6.07 Å². The Bertz CT molecular complexity index is 1090. The van der Waals surface area contributed by atoms with Crippen molar-refractivity contribution in [3.63, 3.8) is 0 Å². The average molecular weight is 354 g/mol. The molecule has 0 saturated heterocycles. The number of esters is 1. The normalized spacial score (nSPS) is 20.2. The van der Waals surface area contributed by atoms with E-state index in [0.717, 1.165) is 23.1 Å². The number of hydrogen-bond donors (Lipinski definition) is 0. The Hall–Kier alpha value is -2.87. The maximum atomic E-state index is 12.7. The van der Waals surface area contributed by atoms with Crippen LogP contribution < -0.4 is 0 Å². The summed E-state index contributed by atoms with van der Waals surface area (Å²) in [6.45, 7) is 5.54. The van der Waals surface area contributed by atoms with E-state index in [4.69, 9.17) is 4.74 Å². The quantitative estimate of drug-likeness (QED) is 0.425. The van der Waals surface area contributed by atoms with Crippen molar-refractivity contribution in [2.75, 3.05) is 0 Å². The van der Waals surface area contributed by atoms with Crippen molar-refractivity contribution in [2.45, 2.75) is 31.8 Å². The number of fused-ring (bicyclic) bond motifs is 2. The lowest BCUT2D eigenvalue weighted by atomic mass is 9.71. The van der Waals surface area contributed by atoms with Crippen LogP contribution in [0.25, 0.3) is 21.9 Å². The van der Waals surface area contributed by atoms with Crippen molar-refractivity contribution in [2.24, 2.45) is 5.92 Å². The lowest BCUT2D eigenvalue weighted by molar-refractivity contribution is -0.152. The minimum atomic E-state index is -0.748. The summed E-state index contributed by atoms with van der Waals surface area (Å²) in [5.41, 5.74) is 4.28. The van der Waals surface area contributed by atoms with Crippen LogP contribution in [0.3, 0.4) is 0 Å². The molecule has 0 bridgehead atoms. The number of hydrogen-bond acceptors (Lipinski definition) is 2. The summed E-state index contributed by atoms with van der Waals surface area (Å²) in [7, 11) is 0. The molecule has 3 aromatic rings. The van der Waals surface area contributed by atoms with Gasteiger partial charge in [-0.15, -0.1) is 0 Å². The molecule has 0 aliphatic heterocycles. The Morgan fingerprint density at radius 1 is 1.00 bits per heavy atom. The van der Waals surface area contributed by atoms with Crippen LogP contribution in [0.1, 0.15) is 37.3 Å². The molecule has 2 aliphatic rings. The fourth-order valence-corrected chi connectivity index (χ4v) is 4.46. The molecule has 0 amide bonds. The minimum absolute atomic E-state index is 0.318. The van der Waals surface area contributed by atoms with Gasteiger partial charge in [0.2, 0.25) is 0 Å². The third kappa shape index (κ3) is 2.43. The number of carbonyl (C=O) groups is 1. The van der Waals surface area contributed by atoms with Crippen LogP contribution in [0, 0.1) is 5.92 Å². The zero-order chi connectivity index (χ0) is 18.6.